The standard InChI is InChI=1S/C12H24N2O/c1-2-8-14(7-1)9-4-6-13-11-12-5-3-10-15-12/h12-13H,1-11H2/t12-/m1/s1. The van der Waals surface area contributed by atoms with Gasteiger partial charge in [0.2, 0.25) is 0 Å². The van der Waals surface area contributed by atoms with Crippen molar-refractivity contribution in [3.05, 3.63) is 0 Å². The van der Waals surface area contributed by atoms with Gasteiger partial charge in [-0.2, -0.15) is 0 Å². The average molecular weight is 212 g/mol. The first-order chi connectivity index (χ1) is 7.45. The molecule has 88 valence electrons. The zero-order valence-corrected chi connectivity index (χ0v) is 9.71. The molecule has 1 N–H and O–H groups in total. The Morgan fingerprint density at radius 2 is 2.07 bits per heavy atom. The van der Waals surface area contributed by atoms with E-state index in [0.29, 0.717) is 6.10 Å². The van der Waals surface area contributed by atoms with Crippen molar-refractivity contribution in [3.8, 4) is 0 Å². The highest BCUT2D eigenvalue weighted by Gasteiger charge is 2.14. The molecular formula is C12H24N2O. The molecule has 15 heavy (non-hydrogen) atoms. The lowest BCUT2D eigenvalue weighted by atomic mass is 10.2. The van der Waals surface area contributed by atoms with E-state index < -0.39 is 0 Å². The SMILES string of the molecule is C1CO[C@@H](CNCCCN2CCCC2)C1. The van der Waals surface area contributed by atoms with Crippen molar-refractivity contribution in [2.24, 2.45) is 0 Å². The summed E-state index contributed by atoms with van der Waals surface area (Å²) in [4.78, 5) is 2.58. The minimum absolute atomic E-state index is 0.497. The molecule has 0 aromatic rings. The minimum Gasteiger partial charge on any atom is -0.377 e. The molecule has 3 nitrogen and oxygen atoms in total. The van der Waals surface area contributed by atoms with Gasteiger partial charge < -0.3 is 15.0 Å². The highest BCUT2D eigenvalue weighted by Crippen LogP contribution is 2.10. The van der Waals surface area contributed by atoms with E-state index in [9.17, 15) is 0 Å². The number of nitrogens with one attached hydrogen (secondary N) is 1. The zero-order valence-electron chi connectivity index (χ0n) is 9.71. The monoisotopic (exact) mass is 212 g/mol. The lowest BCUT2D eigenvalue weighted by Gasteiger charge is -2.15. The number of hydrogen-bond acceptors (Lipinski definition) is 3. The third kappa shape index (κ3) is 4.09. The summed E-state index contributed by atoms with van der Waals surface area (Å²) >= 11 is 0. The summed E-state index contributed by atoms with van der Waals surface area (Å²) in [6.45, 7) is 7.10. The van der Waals surface area contributed by atoms with Crippen LogP contribution < -0.4 is 5.32 Å². The molecule has 0 bridgehead atoms. The summed E-state index contributed by atoms with van der Waals surface area (Å²) in [6.07, 6.45) is 7.09. The molecule has 0 aliphatic carbocycles. The first-order valence-corrected chi connectivity index (χ1v) is 6.50. The third-order valence-electron chi connectivity index (χ3n) is 3.42. The fourth-order valence-corrected chi connectivity index (χ4v) is 2.50. The fourth-order valence-electron chi connectivity index (χ4n) is 2.50. The molecule has 0 unspecified atom stereocenters. The van der Waals surface area contributed by atoms with Crippen LogP contribution in [0.5, 0.6) is 0 Å². The van der Waals surface area contributed by atoms with Crippen LogP contribution in [-0.4, -0.2) is 50.3 Å². The van der Waals surface area contributed by atoms with Gasteiger partial charge in [0.15, 0.2) is 0 Å². The van der Waals surface area contributed by atoms with Crippen LogP contribution in [0.3, 0.4) is 0 Å². The number of hydrogen-bond donors (Lipinski definition) is 1. The van der Waals surface area contributed by atoms with Gasteiger partial charge in [0.05, 0.1) is 6.10 Å². The van der Waals surface area contributed by atoms with Gasteiger partial charge in [0.1, 0.15) is 0 Å². The second-order valence-electron chi connectivity index (χ2n) is 4.74. The molecular weight excluding hydrogens is 188 g/mol. The lowest BCUT2D eigenvalue weighted by Crippen LogP contribution is -2.29. The largest absolute Gasteiger partial charge is 0.377 e. The van der Waals surface area contributed by atoms with E-state index in [0.717, 1.165) is 19.7 Å². The fraction of sp³-hybridized carbons (Fsp3) is 1.00. The first kappa shape index (κ1) is 11.4. The summed E-state index contributed by atoms with van der Waals surface area (Å²) < 4.78 is 5.56. The average Bonchev–Trinajstić information content (AvgIpc) is 2.88. The molecule has 3 heteroatoms. The molecule has 2 aliphatic heterocycles. The molecule has 2 rings (SSSR count). The van der Waals surface area contributed by atoms with E-state index in [1.807, 2.05) is 0 Å². The highest BCUT2D eigenvalue weighted by molar-refractivity contribution is 4.69. The van der Waals surface area contributed by atoms with E-state index in [-0.39, 0.29) is 0 Å². The van der Waals surface area contributed by atoms with Gasteiger partial charge in [-0.1, -0.05) is 0 Å². The molecule has 2 fully saturated rings. The van der Waals surface area contributed by atoms with E-state index in [1.165, 1.54) is 51.7 Å². The van der Waals surface area contributed by atoms with Crippen molar-refractivity contribution in [2.75, 3.05) is 39.3 Å². The molecule has 0 spiro atoms. The van der Waals surface area contributed by atoms with Crippen molar-refractivity contribution >= 4 is 0 Å². The minimum atomic E-state index is 0.497. The van der Waals surface area contributed by atoms with Crippen LogP contribution in [0.4, 0.5) is 0 Å². The van der Waals surface area contributed by atoms with E-state index >= 15 is 0 Å². The summed E-state index contributed by atoms with van der Waals surface area (Å²) in [5, 5.41) is 3.50. The van der Waals surface area contributed by atoms with Gasteiger partial charge in [0, 0.05) is 13.2 Å². The summed E-state index contributed by atoms with van der Waals surface area (Å²) in [6, 6.07) is 0. The van der Waals surface area contributed by atoms with Crippen molar-refractivity contribution < 1.29 is 4.74 Å². The number of ether oxygens (including phenoxy) is 1. The Morgan fingerprint density at radius 3 is 2.80 bits per heavy atom. The normalized spacial score (nSPS) is 27.6. The quantitative estimate of drug-likeness (QED) is 0.670. The van der Waals surface area contributed by atoms with Gasteiger partial charge in [0.25, 0.3) is 0 Å². The van der Waals surface area contributed by atoms with Crippen LogP contribution in [0, 0.1) is 0 Å². The van der Waals surface area contributed by atoms with Crippen LogP contribution in [0.1, 0.15) is 32.1 Å². The van der Waals surface area contributed by atoms with Crippen molar-refractivity contribution in [3.63, 3.8) is 0 Å². The predicted octanol–water partition coefficient (Wildman–Crippen LogP) is 1.24. The van der Waals surface area contributed by atoms with Gasteiger partial charge >= 0.3 is 0 Å². The number of nitrogens with zero attached hydrogens (tertiary/aromatic N) is 1. The maximum absolute atomic E-state index is 5.56. The molecule has 2 saturated heterocycles. The summed E-state index contributed by atoms with van der Waals surface area (Å²) in [5.41, 5.74) is 0. The van der Waals surface area contributed by atoms with Crippen molar-refractivity contribution in [2.45, 2.75) is 38.2 Å². The Bertz CT molecular complexity index is 145. The van der Waals surface area contributed by atoms with Gasteiger partial charge in [-0.25, -0.2) is 0 Å². The Hall–Kier alpha value is -0.120. The second-order valence-corrected chi connectivity index (χ2v) is 4.74. The molecule has 0 aromatic heterocycles. The molecule has 0 amide bonds. The molecule has 0 saturated carbocycles. The molecule has 1 atom stereocenters. The maximum atomic E-state index is 5.56. The number of likely N-dealkylation sites (tertiary alicyclic amines) is 1. The molecule has 0 radical (unpaired) electrons. The Kier molecular flexibility index (Phi) is 4.90. The smallest absolute Gasteiger partial charge is 0.0700 e. The number of rotatable bonds is 6. The van der Waals surface area contributed by atoms with Gasteiger partial charge in [-0.05, 0) is 58.3 Å². The third-order valence-corrected chi connectivity index (χ3v) is 3.42. The Labute approximate surface area is 93.2 Å². The molecule has 2 heterocycles. The van der Waals surface area contributed by atoms with Crippen molar-refractivity contribution in [1.29, 1.82) is 0 Å². The Balaban J connectivity index is 1.41. The maximum Gasteiger partial charge on any atom is 0.0700 e. The molecule has 2 aliphatic rings. The van der Waals surface area contributed by atoms with Crippen LogP contribution in [0.25, 0.3) is 0 Å². The van der Waals surface area contributed by atoms with Crippen LogP contribution in [-0.2, 0) is 4.74 Å². The van der Waals surface area contributed by atoms with E-state index in [2.05, 4.69) is 10.2 Å². The Morgan fingerprint density at radius 1 is 1.20 bits per heavy atom. The van der Waals surface area contributed by atoms with Crippen molar-refractivity contribution in [1.82, 2.24) is 10.2 Å². The van der Waals surface area contributed by atoms with Crippen LogP contribution >= 0.6 is 0 Å². The summed E-state index contributed by atoms with van der Waals surface area (Å²) in [7, 11) is 0. The predicted molar refractivity (Wildman–Crippen MR) is 62.1 cm³/mol. The lowest BCUT2D eigenvalue weighted by molar-refractivity contribution is 0.110. The van der Waals surface area contributed by atoms with E-state index in [1.54, 1.807) is 0 Å². The first-order valence-electron chi connectivity index (χ1n) is 6.50. The highest BCUT2D eigenvalue weighted by atomic mass is 16.5. The van der Waals surface area contributed by atoms with E-state index in [4.69, 9.17) is 4.74 Å². The second kappa shape index (κ2) is 6.46. The van der Waals surface area contributed by atoms with Gasteiger partial charge in [-0.15, -0.1) is 0 Å². The van der Waals surface area contributed by atoms with Crippen LogP contribution in [0.15, 0.2) is 0 Å². The summed E-state index contributed by atoms with van der Waals surface area (Å²) in [5.74, 6) is 0. The zero-order chi connectivity index (χ0) is 10.3. The topological polar surface area (TPSA) is 24.5 Å². The molecule has 0 aromatic carbocycles. The van der Waals surface area contributed by atoms with Crippen LogP contribution in [0.2, 0.25) is 0 Å². The van der Waals surface area contributed by atoms with Gasteiger partial charge in [-0.3, -0.25) is 0 Å².